The minimum absolute atomic E-state index is 0.635. The summed E-state index contributed by atoms with van der Waals surface area (Å²) in [7, 11) is 6.46. The molecule has 1 aliphatic rings. The van der Waals surface area contributed by atoms with E-state index in [-0.39, 0.29) is 0 Å². The standard InChI is InChI=1S/C15H33N3/c1-7-18(13(3)11-17(5)6)15-10-12(2)8-9-14(15)16-4/h12-16H,7-11H2,1-6H3. The van der Waals surface area contributed by atoms with Gasteiger partial charge in [0.2, 0.25) is 0 Å². The lowest BCUT2D eigenvalue weighted by Crippen LogP contribution is -2.56. The van der Waals surface area contributed by atoms with Gasteiger partial charge in [0.05, 0.1) is 0 Å². The van der Waals surface area contributed by atoms with E-state index in [0.717, 1.165) is 19.0 Å². The SMILES string of the molecule is CCN(C(C)CN(C)C)C1CC(C)CCC1NC. The van der Waals surface area contributed by atoms with Crippen LogP contribution in [0.4, 0.5) is 0 Å². The highest BCUT2D eigenvalue weighted by molar-refractivity contribution is 4.91. The fourth-order valence-electron chi connectivity index (χ4n) is 3.56. The van der Waals surface area contributed by atoms with Crippen LogP contribution in [0, 0.1) is 5.92 Å². The first-order valence-corrected chi connectivity index (χ1v) is 7.57. The van der Waals surface area contributed by atoms with E-state index in [2.05, 4.69) is 57.0 Å². The van der Waals surface area contributed by atoms with Gasteiger partial charge >= 0.3 is 0 Å². The Morgan fingerprint density at radius 1 is 1.28 bits per heavy atom. The van der Waals surface area contributed by atoms with Gasteiger partial charge in [0.15, 0.2) is 0 Å². The predicted octanol–water partition coefficient (Wildman–Crippen LogP) is 2.03. The molecular formula is C15H33N3. The summed E-state index contributed by atoms with van der Waals surface area (Å²) in [5, 5.41) is 3.54. The second-order valence-corrected chi connectivity index (χ2v) is 6.32. The zero-order valence-electron chi connectivity index (χ0n) is 13.2. The summed E-state index contributed by atoms with van der Waals surface area (Å²) in [5.74, 6) is 0.875. The molecule has 1 N–H and O–H groups in total. The van der Waals surface area contributed by atoms with E-state index in [4.69, 9.17) is 0 Å². The molecule has 18 heavy (non-hydrogen) atoms. The molecule has 0 bridgehead atoms. The highest BCUT2D eigenvalue weighted by atomic mass is 15.2. The molecule has 0 radical (unpaired) electrons. The van der Waals surface area contributed by atoms with Crippen LogP contribution in [0.1, 0.15) is 40.0 Å². The number of nitrogens with one attached hydrogen (secondary N) is 1. The van der Waals surface area contributed by atoms with Gasteiger partial charge in [-0.2, -0.15) is 0 Å². The second kappa shape index (κ2) is 7.46. The van der Waals surface area contributed by atoms with Crippen LogP contribution in [-0.4, -0.2) is 62.2 Å². The maximum absolute atomic E-state index is 3.54. The lowest BCUT2D eigenvalue weighted by atomic mass is 9.82. The third-order valence-electron chi connectivity index (χ3n) is 4.44. The zero-order valence-corrected chi connectivity index (χ0v) is 13.2. The molecule has 0 aromatic heterocycles. The van der Waals surface area contributed by atoms with Gasteiger partial charge in [-0.25, -0.2) is 0 Å². The summed E-state index contributed by atoms with van der Waals surface area (Å²) in [4.78, 5) is 5.00. The maximum Gasteiger partial charge on any atom is 0.0255 e. The molecule has 0 spiro atoms. The summed E-state index contributed by atoms with van der Waals surface area (Å²) in [6.45, 7) is 9.39. The summed E-state index contributed by atoms with van der Waals surface area (Å²) in [6.07, 6.45) is 4.05. The molecule has 3 heteroatoms. The largest absolute Gasteiger partial charge is 0.315 e. The van der Waals surface area contributed by atoms with Gasteiger partial charge in [0.1, 0.15) is 0 Å². The number of hydrogen-bond acceptors (Lipinski definition) is 3. The first-order chi connectivity index (χ1) is 8.49. The molecule has 4 atom stereocenters. The van der Waals surface area contributed by atoms with Crippen LogP contribution in [0.25, 0.3) is 0 Å². The summed E-state index contributed by atoms with van der Waals surface area (Å²) >= 11 is 0. The van der Waals surface area contributed by atoms with Crippen molar-refractivity contribution in [3.05, 3.63) is 0 Å². The highest BCUT2D eigenvalue weighted by Gasteiger charge is 2.33. The third kappa shape index (κ3) is 4.22. The molecular weight excluding hydrogens is 222 g/mol. The number of nitrogens with zero attached hydrogens (tertiary/aromatic N) is 2. The number of rotatable bonds is 6. The second-order valence-electron chi connectivity index (χ2n) is 6.32. The van der Waals surface area contributed by atoms with Crippen molar-refractivity contribution in [2.75, 3.05) is 34.2 Å². The lowest BCUT2D eigenvalue weighted by molar-refractivity contribution is 0.0653. The van der Waals surface area contributed by atoms with Crippen molar-refractivity contribution >= 4 is 0 Å². The number of hydrogen-bond donors (Lipinski definition) is 1. The highest BCUT2D eigenvalue weighted by Crippen LogP contribution is 2.28. The van der Waals surface area contributed by atoms with Crippen LogP contribution < -0.4 is 5.32 Å². The van der Waals surface area contributed by atoms with Crippen molar-refractivity contribution in [2.45, 2.75) is 58.2 Å². The van der Waals surface area contributed by atoms with Crippen LogP contribution in [0.5, 0.6) is 0 Å². The normalized spacial score (nSPS) is 31.0. The monoisotopic (exact) mass is 255 g/mol. The van der Waals surface area contributed by atoms with Crippen LogP contribution in [0.2, 0.25) is 0 Å². The topological polar surface area (TPSA) is 18.5 Å². The summed E-state index contributed by atoms with van der Waals surface area (Å²) in [6, 6.07) is 2.01. The molecule has 0 saturated heterocycles. The smallest absolute Gasteiger partial charge is 0.0255 e. The molecule has 0 aromatic carbocycles. The Morgan fingerprint density at radius 3 is 2.44 bits per heavy atom. The van der Waals surface area contributed by atoms with E-state index in [0.29, 0.717) is 18.1 Å². The van der Waals surface area contributed by atoms with E-state index in [1.54, 1.807) is 0 Å². The van der Waals surface area contributed by atoms with Crippen molar-refractivity contribution in [1.29, 1.82) is 0 Å². The Labute approximate surface area is 114 Å². The minimum atomic E-state index is 0.635. The fourth-order valence-corrected chi connectivity index (χ4v) is 3.56. The number of likely N-dealkylation sites (N-methyl/N-ethyl adjacent to an activating group) is 3. The van der Waals surface area contributed by atoms with Gasteiger partial charge in [-0.15, -0.1) is 0 Å². The van der Waals surface area contributed by atoms with Crippen molar-refractivity contribution in [3.63, 3.8) is 0 Å². The Hall–Kier alpha value is -0.120. The Balaban J connectivity index is 2.70. The molecule has 4 unspecified atom stereocenters. The molecule has 1 aliphatic carbocycles. The van der Waals surface area contributed by atoms with Gasteiger partial charge < -0.3 is 10.2 Å². The van der Waals surface area contributed by atoms with Gasteiger partial charge in [-0.1, -0.05) is 13.8 Å². The molecule has 1 rings (SSSR count). The zero-order chi connectivity index (χ0) is 13.7. The molecule has 0 aromatic rings. The van der Waals surface area contributed by atoms with Gasteiger partial charge in [0, 0.05) is 24.7 Å². The van der Waals surface area contributed by atoms with Gasteiger partial charge in [-0.3, -0.25) is 4.90 Å². The average molecular weight is 255 g/mol. The maximum atomic E-state index is 3.54. The molecule has 1 fully saturated rings. The summed E-state index contributed by atoms with van der Waals surface area (Å²) < 4.78 is 0. The van der Waals surface area contributed by atoms with Crippen molar-refractivity contribution in [1.82, 2.24) is 15.1 Å². The van der Waals surface area contributed by atoms with Crippen LogP contribution in [-0.2, 0) is 0 Å². The van der Waals surface area contributed by atoms with Crippen LogP contribution >= 0.6 is 0 Å². The van der Waals surface area contributed by atoms with Crippen molar-refractivity contribution in [3.8, 4) is 0 Å². The Kier molecular flexibility index (Phi) is 6.61. The van der Waals surface area contributed by atoms with E-state index < -0.39 is 0 Å². The Morgan fingerprint density at radius 2 is 1.94 bits per heavy atom. The quantitative estimate of drug-likeness (QED) is 0.783. The third-order valence-corrected chi connectivity index (χ3v) is 4.44. The predicted molar refractivity (Wildman–Crippen MR) is 80.0 cm³/mol. The van der Waals surface area contributed by atoms with Gasteiger partial charge in [-0.05, 0) is 59.8 Å². The van der Waals surface area contributed by atoms with Gasteiger partial charge in [0.25, 0.3) is 0 Å². The van der Waals surface area contributed by atoms with E-state index in [9.17, 15) is 0 Å². The van der Waals surface area contributed by atoms with Crippen LogP contribution in [0.15, 0.2) is 0 Å². The Bertz CT molecular complexity index is 230. The first kappa shape index (κ1) is 15.9. The molecule has 0 amide bonds. The first-order valence-electron chi connectivity index (χ1n) is 7.57. The average Bonchev–Trinajstić information content (AvgIpc) is 2.29. The van der Waals surface area contributed by atoms with E-state index in [1.807, 2.05) is 0 Å². The molecule has 0 heterocycles. The minimum Gasteiger partial charge on any atom is -0.315 e. The van der Waals surface area contributed by atoms with Crippen molar-refractivity contribution < 1.29 is 0 Å². The van der Waals surface area contributed by atoms with Crippen molar-refractivity contribution in [2.24, 2.45) is 5.92 Å². The van der Waals surface area contributed by atoms with Crippen LogP contribution in [0.3, 0.4) is 0 Å². The van der Waals surface area contributed by atoms with E-state index >= 15 is 0 Å². The fraction of sp³-hybridized carbons (Fsp3) is 1.00. The molecule has 0 aliphatic heterocycles. The molecule has 108 valence electrons. The molecule has 1 saturated carbocycles. The lowest BCUT2D eigenvalue weighted by Gasteiger charge is -2.45. The summed E-state index contributed by atoms with van der Waals surface area (Å²) in [5.41, 5.74) is 0. The van der Waals surface area contributed by atoms with E-state index in [1.165, 1.54) is 19.3 Å². The molecule has 3 nitrogen and oxygen atoms in total.